The van der Waals surface area contributed by atoms with E-state index in [0.717, 1.165) is 13.2 Å². The maximum Gasteiger partial charge on any atom is 0.0901 e. The summed E-state index contributed by atoms with van der Waals surface area (Å²) < 4.78 is 5.48. The maximum atomic E-state index is 5.69. The third-order valence-corrected chi connectivity index (χ3v) is 2.63. The molecule has 1 unspecified atom stereocenters. The van der Waals surface area contributed by atoms with Crippen LogP contribution >= 0.6 is 0 Å². The lowest BCUT2D eigenvalue weighted by Crippen LogP contribution is -2.33. The average molecular weight is 210 g/mol. The predicted octanol–water partition coefficient (Wildman–Crippen LogP) is 0.839. The summed E-state index contributed by atoms with van der Waals surface area (Å²) >= 11 is 0. The molecule has 1 aliphatic rings. The summed E-state index contributed by atoms with van der Waals surface area (Å²) in [7, 11) is 0. The Morgan fingerprint density at radius 3 is 2.73 bits per heavy atom. The Bertz CT molecular complexity index is 213. The summed E-state index contributed by atoms with van der Waals surface area (Å²) in [6.07, 6.45) is 4.05. The zero-order valence-corrected chi connectivity index (χ0v) is 9.67. The fourth-order valence-corrected chi connectivity index (χ4v) is 1.81. The first kappa shape index (κ1) is 12.5. The number of piperidine rings is 1. The van der Waals surface area contributed by atoms with Crippen molar-refractivity contribution in [2.75, 3.05) is 32.8 Å². The van der Waals surface area contributed by atoms with Crippen molar-refractivity contribution in [3.63, 3.8) is 0 Å². The molecule has 1 aliphatic heterocycles. The van der Waals surface area contributed by atoms with Crippen molar-refractivity contribution in [1.29, 1.82) is 0 Å². The van der Waals surface area contributed by atoms with Gasteiger partial charge in [0, 0.05) is 6.54 Å². The minimum Gasteiger partial charge on any atom is -0.377 e. The lowest BCUT2D eigenvalue weighted by molar-refractivity contribution is 0.0946. The minimum atomic E-state index is -0.128. The van der Waals surface area contributed by atoms with Gasteiger partial charge in [0.15, 0.2) is 0 Å². The van der Waals surface area contributed by atoms with Gasteiger partial charge in [0.1, 0.15) is 0 Å². The second-order valence-electron chi connectivity index (χ2n) is 3.98. The quantitative estimate of drug-likeness (QED) is 0.540. The van der Waals surface area contributed by atoms with Gasteiger partial charge in [-0.25, -0.2) is 0 Å². The third-order valence-electron chi connectivity index (χ3n) is 2.63. The van der Waals surface area contributed by atoms with E-state index in [0.29, 0.717) is 6.61 Å². The zero-order chi connectivity index (χ0) is 10.9. The molecule has 3 heteroatoms. The molecule has 0 aromatic rings. The van der Waals surface area contributed by atoms with Crippen molar-refractivity contribution in [2.24, 2.45) is 5.73 Å². The fraction of sp³-hybridized carbons (Fsp3) is 0.833. The van der Waals surface area contributed by atoms with E-state index in [-0.39, 0.29) is 6.04 Å². The predicted molar refractivity (Wildman–Crippen MR) is 62.5 cm³/mol. The molecule has 1 atom stereocenters. The molecule has 0 radical (unpaired) electrons. The molecular weight excluding hydrogens is 188 g/mol. The van der Waals surface area contributed by atoms with Crippen LogP contribution < -0.4 is 5.73 Å². The molecule has 1 saturated heterocycles. The van der Waals surface area contributed by atoms with Gasteiger partial charge in [-0.15, -0.1) is 5.92 Å². The average Bonchev–Trinajstić information content (AvgIpc) is 2.26. The SMILES string of the molecule is CC#CC(N)COCCN1CCCCC1. The number of ether oxygens (including phenoxy) is 1. The van der Waals surface area contributed by atoms with Gasteiger partial charge in [-0.1, -0.05) is 12.3 Å². The van der Waals surface area contributed by atoms with Crippen LogP contribution in [0.2, 0.25) is 0 Å². The molecule has 0 saturated carbocycles. The van der Waals surface area contributed by atoms with Gasteiger partial charge in [-0.05, 0) is 32.9 Å². The van der Waals surface area contributed by atoms with E-state index in [1.165, 1.54) is 32.4 Å². The smallest absolute Gasteiger partial charge is 0.0901 e. The summed E-state index contributed by atoms with van der Waals surface area (Å²) in [4.78, 5) is 2.46. The highest BCUT2D eigenvalue weighted by Gasteiger charge is 2.09. The van der Waals surface area contributed by atoms with E-state index in [1.54, 1.807) is 6.92 Å². The second kappa shape index (κ2) is 7.70. The first-order valence-electron chi connectivity index (χ1n) is 5.81. The van der Waals surface area contributed by atoms with Gasteiger partial charge in [-0.2, -0.15) is 0 Å². The summed E-state index contributed by atoms with van der Waals surface area (Å²) in [6, 6.07) is -0.128. The Morgan fingerprint density at radius 1 is 1.33 bits per heavy atom. The highest BCUT2D eigenvalue weighted by atomic mass is 16.5. The second-order valence-corrected chi connectivity index (χ2v) is 3.98. The molecule has 0 bridgehead atoms. The lowest BCUT2D eigenvalue weighted by atomic mass is 10.1. The summed E-state index contributed by atoms with van der Waals surface area (Å²) in [5, 5.41) is 0. The van der Waals surface area contributed by atoms with Crippen molar-refractivity contribution in [3.8, 4) is 11.8 Å². The van der Waals surface area contributed by atoms with E-state index in [9.17, 15) is 0 Å². The molecule has 0 spiro atoms. The van der Waals surface area contributed by atoms with E-state index in [1.807, 2.05) is 0 Å². The van der Waals surface area contributed by atoms with Crippen molar-refractivity contribution >= 4 is 0 Å². The first-order chi connectivity index (χ1) is 7.33. The number of rotatable bonds is 5. The Hall–Kier alpha value is -0.560. The third kappa shape index (κ3) is 5.78. The Morgan fingerprint density at radius 2 is 2.07 bits per heavy atom. The minimum absolute atomic E-state index is 0.128. The van der Waals surface area contributed by atoms with E-state index < -0.39 is 0 Å². The van der Waals surface area contributed by atoms with Crippen molar-refractivity contribution in [1.82, 2.24) is 4.90 Å². The van der Waals surface area contributed by atoms with Crippen LogP contribution in [-0.2, 0) is 4.74 Å². The molecule has 3 nitrogen and oxygen atoms in total. The van der Waals surface area contributed by atoms with Gasteiger partial charge in [-0.3, -0.25) is 0 Å². The molecule has 2 N–H and O–H groups in total. The van der Waals surface area contributed by atoms with Crippen LogP contribution in [0.4, 0.5) is 0 Å². The van der Waals surface area contributed by atoms with Crippen LogP contribution in [0.15, 0.2) is 0 Å². The number of likely N-dealkylation sites (tertiary alicyclic amines) is 1. The Balaban J connectivity index is 1.97. The van der Waals surface area contributed by atoms with Crippen LogP contribution in [0.25, 0.3) is 0 Å². The van der Waals surface area contributed by atoms with Crippen LogP contribution in [-0.4, -0.2) is 43.8 Å². The van der Waals surface area contributed by atoms with Gasteiger partial charge in [0.05, 0.1) is 19.3 Å². The molecule has 0 amide bonds. The number of hydrogen-bond acceptors (Lipinski definition) is 3. The molecule has 86 valence electrons. The van der Waals surface area contributed by atoms with Gasteiger partial charge < -0.3 is 15.4 Å². The van der Waals surface area contributed by atoms with Gasteiger partial charge in [0.2, 0.25) is 0 Å². The molecular formula is C12H22N2O. The molecule has 1 heterocycles. The van der Waals surface area contributed by atoms with Gasteiger partial charge >= 0.3 is 0 Å². The largest absolute Gasteiger partial charge is 0.377 e. The lowest BCUT2D eigenvalue weighted by Gasteiger charge is -2.26. The number of nitrogens with zero attached hydrogens (tertiary/aromatic N) is 1. The number of nitrogens with two attached hydrogens (primary N) is 1. The van der Waals surface area contributed by atoms with E-state index in [2.05, 4.69) is 16.7 Å². The highest BCUT2D eigenvalue weighted by molar-refractivity contribution is 5.03. The molecule has 1 fully saturated rings. The Kier molecular flexibility index (Phi) is 6.42. The standard InChI is InChI=1S/C12H22N2O/c1-2-6-12(13)11-15-10-9-14-7-4-3-5-8-14/h12H,3-5,7-11,13H2,1H3. The van der Waals surface area contributed by atoms with E-state index in [4.69, 9.17) is 10.5 Å². The number of hydrogen-bond donors (Lipinski definition) is 1. The summed E-state index contributed by atoms with van der Waals surface area (Å²) in [6.45, 7) is 6.61. The van der Waals surface area contributed by atoms with Crippen LogP contribution in [0.5, 0.6) is 0 Å². The normalized spacial score (nSPS) is 19.3. The topological polar surface area (TPSA) is 38.5 Å². The van der Waals surface area contributed by atoms with Crippen LogP contribution in [0.3, 0.4) is 0 Å². The molecule has 0 aliphatic carbocycles. The van der Waals surface area contributed by atoms with Crippen molar-refractivity contribution in [3.05, 3.63) is 0 Å². The van der Waals surface area contributed by atoms with Gasteiger partial charge in [0.25, 0.3) is 0 Å². The fourth-order valence-electron chi connectivity index (χ4n) is 1.81. The van der Waals surface area contributed by atoms with E-state index >= 15 is 0 Å². The van der Waals surface area contributed by atoms with Crippen molar-refractivity contribution in [2.45, 2.75) is 32.2 Å². The summed E-state index contributed by atoms with van der Waals surface area (Å²) in [5.41, 5.74) is 5.69. The zero-order valence-electron chi connectivity index (χ0n) is 9.67. The molecule has 0 aromatic heterocycles. The highest BCUT2D eigenvalue weighted by Crippen LogP contribution is 2.07. The molecule has 1 rings (SSSR count). The first-order valence-corrected chi connectivity index (χ1v) is 5.81. The Labute approximate surface area is 93.0 Å². The van der Waals surface area contributed by atoms with Crippen molar-refractivity contribution < 1.29 is 4.74 Å². The van der Waals surface area contributed by atoms with Crippen LogP contribution in [0.1, 0.15) is 26.2 Å². The molecule has 0 aromatic carbocycles. The maximum absolute atomic E-state index is 5.69. The summed E-state index contributed by atoms with van der Waals surface area (Å²) in [5.74, 6) is 5.67. The monoisotopic (exact) mass is 210 g/mol. The van der Waals surface area contributed by atoms with Crippen LogP contribution in [0, 0.1) is 11.8 Å². The molecule has 15 heavy (non-hydrogen) atoms.